The third kappa shape index (κ3) is 5.46. The summed E-state index contributed by atoms with van der Waals surface area (Å²) in [5.74, 6) is 0.593. The Morgan fingerprint density at radius 2 is 1.92 bits per heavy atom. The lowest BCUT2D eigenvalue weighted by atomic mass is 9.97. The van der Waals surface area contributed by atoms with Crippen molar-refractivity contribution in [2.75, 3.05) is 32.6 Å². The number of benzene rings is 1. The van der Waals surface area contributed by atoms with Gasteiger partial charge in [0.05, 0.1) is 17.9 Å². The zero-order valence-corrected chi connectivity index (χ0v) is 14.9. The molecule has 0 unspecified atom stereocenters. The van der Waals surface area contributed by atoms with Crippen LogP contribution in [0, 0.1) is 5.92 Å². The van der Waals surface area contributed by atoms with Crippen molar-refractivity contribution >= 4 is 15.7 Å². The number of ether oxygens (including phenoxy) is 1. The van der Waals surface area contributed by atoms with E-state index in [1.807, 2.05) is 4.90 Å². The maximum Gasteiger partial charge on any atom is 0.226 e. The van der Waals surface area contributed by atoms with Crippen LogP contribution in [0.4, 0.5) is 0 Å². The summed E-state index contributed by atoms with van der Waals surface area (Å²) in [6, 6.07) is 6.54. The normalized spacial score (nSPS) is 16.1. The van der Waals surface area contributed by atoms with Crippen molar-refractivity contribution < 1.29 is 17.9 Å². The molecule has 0 atom stereocenters. The summed E-state index contributed by atoms with van der Waals surface area (Å²) in [6.45, 7) is 6.43. The van der Waals surface area contributed by atoms with Crippen molar-refractivity contribution in [2.45, 2.75) is 24.2 Å². The molecular weight excluding hydrogens is 326 g/mol. The fraction of sp³-hybridized carbons (Fsp3) is 0.500. The van der Waals surface area contributed by atoms with Gasteiger partial charge in [-0.3, -0.25) is 4.79 Å². The first-order chi connectivity index (χ1) is 11.4. The second kappa shape index (κ2) is 8.44. The van der Waals surface area contributed by atoms with Gasteiger partial charge in [-0.25, -0.2) is 8.42 Å². The van der Waals surface area contributed by atoms with Crippen molar-refractivity contribution in [1.82, 2.24) is 4.90 Å². The molecule has 6 heteroatoms. The molecule has 1 aromatic rings. The van der Waals surface area contributed by atoms with Gasteiger partial charge in [-0.1, -0.05) is 18.2 Å². The minimum Gasteiger partial charge on any atom is -0.377 e. The van der Waals surface area contributed by atoms with Gasteiger partial charge < -0.3 is 9.64 Å². The standard InChI is InChI=1S/C18H25NO4S/c1-3-12-23-14-16-8-10-19(11-9-16)18(20)13-15-4-6-17(7-5-15)24(2,21)22/h3-7,16H,1,8-14H2,2H3. The smallest absolute Gasteiger partial charge is 0.226 e. The largest absolute Gasteiger partial charge is 0.377 e. The number of likely N-dealkylation sites (tertiary alicyclic amines) is 1. The molecule has 2 rings (SSSR count). The Balaban J connectivity index is 1.82. The molecule has 0 bridgehead atoms. The lowest BCUT2D eigenvalue weighted by Crippen LogP contribution is -2.40. The molecule has 132 valence electrons. The average molecular weight is 351 g/mol. The zero-order chi connectivity index (χ0) is 17.6. The van der Waals surface area contributed by atoms with E-state index in [0.29, 0.717) is 18.9 Å². The fourth-order valence-electron chi connectivity index (χ4n) is 2.81. The number of piperidine rings is 1. The van der Waals surface area contributed by atoms with Crippen LogP contribution in [0.2, 0.25) is 0 Å². The Bertz CT molecular complexity index is 659. The molecular formula is C18H25NO4S. The van der Waals surface area contributed by atoms with E-state index in [9.17, 15) is 13.2 Å². The number of sulfone groups is 1. The number of amides is 1. The number of hydrogen-bond acceptors (Lipinski definition) is 4. The molecule has 0 aliphatic carbocycles. The van der Waals surface area contributed by atoms with Gasteiger partial charge in [0.15, 0.2) is 9.84 Å². The van der Waals surface area contributed by atoms with Crippen LogP contribution in [0.3, 0.4) is 0 Å². The second-order valence-corrected chi connectivity index (χ2v) is 8.26. The monoisotopic (exact) mass is 351 g/mol. The number of nitrogens with zero attached hydrogens (tertiary/aromatic N) is 1. The van der Waals surface area contributed by atoms with Crippen LogP contribution < -0.4 is 0 Å². The van der Waals surface area contributed by atoms with Gasteiger partial charge in [0.2, 0.25) is 5.91 Å². The summed E-state index contributed by atoms with van der Waals surface area (Å²) >= 11 is 0. The first-order valence-electron chi connectivity index (χ1n) is 8.15. The van der Waals surface area contributed by atoms with Crippen molar-refractivity contribution in [3.63, 3.8) is 0 Å². The lowest BCUT2D eigenvalue weighted by Gasteiger charge is -2.32. The number of carbonyl (C=O) groups excluding carboxylic acids is 1. The average Bonchev–Trinajstić information content (AvgIpc) is 2.55. The highest BCUT2D eigenvalue weighted by molar-refractivity contribution is 7.90. The minimum absolute atomic E-state index is 0.0903. The minimum atomic E-state index is -3.20. The third-order valence-corrected chi connectivity index (χ3v) is 5.39. The summed E-state index contributed by atoms with van der Waals surface area (Å²) in [5, 5.41) is 0. The van der Waals surface area contributed by atoms with Crippen LogP contribution in [0.5, 0.6) is 0 Å². The van der Waals surface area contributed by atoms with Crippen molar-refractivity contribution in [3.8, 4) is 0 Å². The topological polar surface area (TPSA) is 63.7 Å². The van der Waals surface area contributed by atoms with Crippen LogP contribution in [0.25, 0.3) is 0 Å². The van der Waals surface area contributed by atoms with Gasteiger partial charge in [-0.2, -0.15) is 0 Å². The van der Waals surface area contributed by atoms with Gasteiger partial charge in [0, 0.05) is 26.0 Å². The molecule has 0 saturated carbocycles. The Morgan fingerprint density at radius 1 is 1.29 bits per heavy atom. The molecule has 0 radical (unpaired) electrons. The van der Waals surface area contributed by atoms with Crippen LogP contribution in [-0.4, -0.2) is 51.8 Å². The highest BCUT2D eigenvalue weighted by atomic mass is 32.2. The lowest BCUT2D eigenvalue weighted by molar-refractivity contribution is -0.132. The third-order valence-electron chi connectivity index (χ3n) is 4.26. The molecule has 1 aliphatic rings. The van der Waals surface area contributed by atoms with E-state index in [-0.39, 0.29) is 10.8 Å². The Morgan fingerprint density at radius 3 is 2.46 bits per heavy atom. The van der Waals surface area contributed by atoms with Crippen LogP contribution in [0.15, 0.2) is 41.8 Å². The Hall–Kier alpha value is -1.66. The van der Waals surface area contributed by atoms with Gasteiger partial charge in [-0.15, -0.1) is 6.58 Å². The summed E-state index contributed by atoms with van der Waals surface area (Å²) in [4.78, 5) is 14.5. The maximum atomic E-state index is 12.4. The Kier molecular flexibility index (Phi) is 6.57. The van der Waals surface area contributed by atoms with E-state index in [2.05, 4.69) is 6.58 Å². The maximum absolute atomic E-state index is 12.4. The van der Waals surface area contributed by atoms with E-state index >= 15 is 0 Å². The van der Waals surface area contributed by atoms with Crippen molar-refractivity contribution in [3.05, 3.63) is 42.5 Å². The van der Waals surface area contributed by atoms with E-state index in [0.717, 1.165) is 38.1 Å². The molecule has 1 amide bonds. The van der Waals surface area contributed by atoms with Gasteiger partial charge >= 0.3 is 0 Å². The summed E-state index contributed by atoms with van der Waals surface area (Å²) in [6.07, 6.45) is 5.14. The quantitative estimate of drug-likeness (QED) is 0.557. The fourth-order valence-corrected chi connectivity index (χ4v) is 3.44. The van der Waals surface area contributed by atoms with Gasteiger partial charge in [0.1, 0.15) is 0 Å². The number of hydrogen-bond donors (Lipinski definition) is 0. The molecule has 1 aromatic carbocycles. The van der Waals surface area contributed by atoms with Crippen LogP contribution in [0.1, 0.15) is 18.4 Å². The molecule has 1 heterocycles. The summed E-state index contributed by atoms with van der Waals surface area (Å²) in [5.41, 5.74) is 0.837. The zero-order valence-electron chi connectivity index (χ0n) is 14.1. The van der Waals surface area contributed by atoms with E-state index in [4.69, 9.17) is 4.74 Å². The number of carbonyl (C=O) groups is 1. The highest BCUT2D eigenvalue weighted by Gasteiger charge is 2.22. The molecule has 24 heavy (non-hydrogen) atoms. The Labute approximate surface area is 144 Å². The number of rotatable bonds is 7. The summed E-state index contributed by atoms with van der Waals surface area (Å²) < 4.78 is 28.4. The second-order valence-electron chi connectivity index (χ2n) is 6.24. The highest BCUT2D eigenvalue weighted by Crippen LogP contribution is 2.19. The molecule has 1 aliphatic heterocycles. The van der Waals surface area contributed by atoms with Crippen LogP contribution in [-0.2, 0) is 25.8 Å². The molecule has 5 nitrogen and oxygen atoms in total. The van der Waals surface area contributed by atoms with Gasteiger partial charge in [-0.05, 0) is 36.5 Å². The van der Waals surface area contributed by atoms with Crippen molar-refractivity contribution in [1.29, 1.82) is 0 Å². The first-order valence-corrected chi connectivity index (χ1v) is 10.0. The van der Waals surface area contributed by atoms with E-state index in [1.165, 1.54) is 6.26 Å². The van der Waals surface area contributed by atoms with Crippen LogP contribution >= 0.6 is 0 Å². The molecule has 0 aromatic heterocycles. The summed E-state index contributed by atoms with van der Waals surface area (Å²) in [7, 11) is -3.20. The molecule has 0 N–H and O–H groups in total. The molecule has 1 fully saturated rings. The predicted octanol–water partition coefficient (Wildman–Crippen LogP) is 2.07. The molecule has 0 spiro atoms. The first kappa shape index (κ1) is 18.7. The van der Waals surface area contributed by atoms with Gasteiger partial charge in [0.25, 0.3) is 0 Å². The van der Waals surface area contributed by atoms with E-state index in [1.54, 1.807) is 30.3 Å². The SMILES string of the molecule is C=CCOCC1CCN(C(=O)Cc2ccc(S(C)(=O)=O)cc2)CC1. The predicted molar refractivity (Wildman–Crippen MR) is 93.6 cm³/mol. The van der Waals surface area contributed by atoms with E-state index < -0.39 is 9.84 Å². The van der Waals surface area contributed by atoms with Crippen molar-refractivity contribution in [2.24, 2.45) is 5.92 Å². The molecule has 1 saturated heterocycles.